The summed E-state index contributed by atoms with van der Waals surface area (Å²) in [5.74, 6) is 1.15. The van der Waals surface area contributed by atoms with E-state index in [1.54, 1.807) is 24.1 Å². The lowest BCUT2D eigenvalue weighted by Gasteiger charge is -2.36. The fourth-order valence-corrected chi connectivity index (χ4v) is 3.05. The molecule has 1 fully saturated rings. The van der Waals surface area contributed by atoms with Crippen molar-refractivity contribution in [2.45, 2.75) is 6.54 Å². The summed E-state index contributed by atoms with van der Waals surface area (Å²) in [4.78, 5) is 20.6. The molecular weight excluding hydrogens is 340 g/mol. The summed E-state index contributed by atoms with van der Waals surface area (Å²) in [6, 6.07) is 11.2. The highest BCUT2D eigenvalue weighted by Gasteiger charge is 2.25. The number of carbonyl (C=O) groups excluding carboxylic acids is 1. The molecule has 132 valence electrons. The van der Waals surface area contributed by atoms with E-state index in [0.29, 0.717) is 25.4 Å². The number of amides is 1. The van der Waals surface area contributed by atoms with Crippen LogP contribution in [-0.2, 0) is 6.54 Å². The van der Waals surface area contributed by atoms with Crippen LogP contribution in [0.1, 0.15) is 16.1 Å². The van der Waals surface area contributed by atoms with Crippen molar-refractivity contribution in [3.63, 3.8) is 0 Å². The molecule has 2 aromatic rings. The number of guanidine groups is 1. The maximum atomic E-state index is 12.3. The molecule has 1 N–H and O–H groups in total. The average Bonchev–Trinajstić information content (AvgIpc) is 3.17. The second kappa shape index (κ2) is 8.07. The largest absolute Gasteiger partial charge is 0.459 e. The third-order valence-corrected chi connectivity index (χ3v) is 4.38. The molecule has 1 aromatic heterocycles. The molecule has 1 aliphatic rings. The molecule has 0 unspecified atom stereocenters. The van der Waals surface area contributed by atoms with E-state index in [2.05, 4.69) is 15.2 Å². The van der Waals surface area contributed by atoms with Crippen molar-refractivity contribution < 1.29 is 9.21 Å². The van der Waals surface area contributed by atoms with E-state index in [1.807, 2.05) is 24.3 Å². The van der Waals surface area contributed by atoms with Crippen LogP contribution in [0.5, 0.6) is 0 Å². The van der Waals surface area contributed by atoms with Gasteiger partial charge in [0.25, 0.3) is 5.91 Å². The number of nitrogens with zero attached hydrogens (tertiary/aromatic N) is 3. The lowest BCUT2D eigenvalue weighted by Crippen LogP contribution is -2.53. The second-order valence-electron chi connectivity index (χ2n) is 5.79. The molecule has 1 aliphatic heterocycles. The summed E-state index contributed by atoms with van der Waals surface area (Å²) in [7, 11) is 1.76. The molecule has 1 amide bonds. The Morgan fingerprint density at radius 3 is 2.60 bits per heavy atom. The first-order valence-corrected chi connectivity index (χ1v) is 8.58. The molecule has 1 aromatic carbocycles. The quantitative estimate of drug-likeness (QED) is 0.674. The summed E-state index contributed by atoms with van der Waals surface area (Å²) >= 11 is 6.02. The molecule has 3 rings (SSSR count). The molecule has 25 heavy (non-hydrogen) atoms. The summed E-state index contributed by atoms with van der Waals surface area (Å²) in [6.45, 7) is 3.37. The maximum Gasteiger partial charge on any atom is 0.289 e. The highest BCUT2D eigenvalue weighted by Crippen LogP contribution is 2.12. The third-order valence-electron chi connectivity index (χ3n) is 4.15. The van der Waals surface area contributed by atoms with Crippen molar-refractivity contribution in [2.24, 2.45) is 4.99 Å². The minimum atomic E-state index is -0.0634. The number of halogens is 1. The van der Waals surface area contributed by atoms with Crippen LogP contribution >= 0.6 is 11.6 Å². The van der Waals surface area contributed by atoms with E-state index in [1.165, 1.54) is 6.26 Å². The van der Waals surface area contributed by atoms with E-state index in [9.17, 15) is 4.79 Å². The number of aliphatic imine (C=N–C) groups is 1. The number of piperazine rings is 1. The average molecular weight is 361 g/mol. The van der Waals surface area contributed by atoms with E-state index < -0.39 is 0 Å². The van der Waals surface area contributed by atoms with Crippen molar-refractivity contribution in [3.8, 4) is 0 Å². The van der Waals surface area contributed by atoms with Gasteiger partial charge in [-0.15, -0.1) is 0 Å². The molecule has 1 saturated heterocycles. The van der Waals surface area contributed by atoms with Gasteiger partial charge in [-0.05, 0) is 29.8 Å². The number of rotatable bonds is 3. The zero-order chi connectivity index (χ0) is 17.6. The first-order chi connectivity index (χ1) is 12.2. The van der Waals surface area contributed by atoms with Crippen LogP contribution in [0.15, 0.2) is 52.1 Å². The Labute approximate surface area is 152 Å². The van der Waals surface area contributed by atoms with E-state index >= 15 is 0 Å². The Morgan fingerprint density at radius 2 is 1.96 bits per heavy atom. The number of benzene rings is 1. The predicted octanol–water partition coefficient (Wildman–Crippen LogP) is 2.47. The number of nitrogens with one attached hydrogen (secondary N) is 1. The van der Waals surface area contributed by atoms with Crippen molar-refractivity contribution in [3.05, 3.63) is 59.0 Å². The normalized spacial score (nSPS) is 15.4. The molecule has 0 radical (unpaired) electrons. The van der Waals surface area contributed by atoms with Crippen molar-refractivity contribution >= 4 is 23.5 Å². The SMILES string of the molecule is CN=C(NCc1cccc(Cl)c1)N1CCN(C(=O)c2ccco2)CC1. The van der Waals surface area contributed by atoms with Crippen molar-refractivity contribution in [1.82, 2.24) is 15.1 Å². The molecule has 0 bridgehead atoms. The third kappa shape index (κ3) is 4.33. The van der Waals surface area contributed by atoms with Crippen LogP contribution in [0.2, 0.25) is 5.02 Å². The molecular formula is C18H21ClN4O2. The van der Waals surface area contributed by atoms with Gasteiger partial charge in [0.1, 0.15) is 0 Å². The topological polar surface area (TPSA) is 61.1 Å². The standard InChI is InChI=1S/C18H21ClN4O2/c1-20-18(21-13-14-4-2-5-15(19)12-14)23-9-7-22(8-10-23)17(24)16-6-3-11-25-16/h2-6,11-12H,7-10,13H2,1H3,(H,20,21). The van der Waals surface area contributed by atoms with Crippen LogP contribution in [0.25, 0.3) is 0 Å². The van der Waals surface area contributed by atoms with Crippen molar-refractivity contribution in [2.75, 3.05) is 33.2 Å². The zero-order valence-corrected chi connectivity index (χ0v) is 14.9. The van der Waals surface area contributed by atoms with Crippen LogP contribution in [0.3, 0.4) is 0 Å². The minimum Gasteiger partial charge on any atom is -0.459 e. The Balaban J connectivity index is 1.53. The lowest BCUT2D eigenvalue weighted by atomic mass is 10.2. The van der Waals surface area contributed by atoms with Gasteiger partial charge in [0.05, 0.1) is 6.26 Å². The Kier molecular flexibility index (Phi) is 5.60. The molecule has 0 saturated carbocycles. The second-order valence-corrected chi connectivity index (χ2v) is 6.22. The molecule has 7 heteroatoms. The summed E-state index contributed by atoms with van der Waals surface area (Å²) < 4.78 is 5.19. The summed E-state index contributed by atoms with van der Waals surface area (Å²) in [6.07, 6.45) is 1.52. The van der Waals surface area contributed by atoms with E-state index in [4.69, 9.17) is 16.0 Å². The zero-order valence-electron chi connectivity index (χ0n) is 14.1. The molecule has 2 heterocycles. The first-order valence-electron chi connectivity index (χ1n) is 8.20. The van der Waals surface area contributed by atoms with E-state index in [0.717, 1.165) is 29.6 Å². The first kappa shape index (κ1) is 17.4. The van der Waals surface area contributed by atoms with Gasteiger partial charge < -0.3 is 19.5 Å². The highest BCUT2D eigenvalue weighted by molar-refractivity contribution is 6.30. The fourth-order valence-electron chi connectivity index (χ4n) is 2.84. The summed E-state index contributed by atoms with van der Waals surface area (Å²) in [5, 5.41) is 4.07. The molecule has 0 atom stereocenters. The summed E-state index contributed by atoms with van der Waals surface area (Å²) in [5.41, 5.74) is 1.10. The van der Waals surface area contributed by atoms with Gasteiger partial charge in [0.2, 0.25) is 0 Å². The van der Waals surface area contributed by atoms with Crippen LogP contribution in [-0.4, -0.2) is 54.9 Å². The van der Waals surface area contributed by atoms with Crippen LogP contribution < -0.4 is 5.32 Å². The number of hydrogen-bond acceptors (Lipinski definition) is 3. The van der Waals surface area contributed by atoms with Gasteiger partial charge >= 0.3 is 0 Å². The van der Waals surface area contributed by atoms with E-state index in [-0.39, 0.29) is 5.91 Å². The van der Waals surface area contributed by atoms with Gasteiger partial charge in [-0.1, -0.05) is 23.7 Å². The number of furan rings is 1. The van der Waals surface area contributed by atoms with Crippen LogP contribution in [0, 0.1) is 0 Å². The number of hydrogen-bond donors (Lipinski definition) is 1. The van der Waals surface area contributed by atoms with Gasteiger partial charge in [-0.25, -0.2) is 0 Å². The van der Waals surface area contributed by atoms with Gasteiger partial charge in [0, 0.05) is 44.8 Å². The minimum absolute atomic E-state index is 0.0634. The Morgan fingerprint density at radius 1 is 1.20 bits per heavy atom. The molecule has 0 spiro atoms. The molecule has 6 nitrogen and oxygen atoms in total. The number of carbonyl (C=O) groups is 1. The molecule has 0 aliphatic carbocycles. The maximum absolute atomic E-state index is 12.3. The Bertz CT molecular complexity index is 737. The lowest BCUT2D eigenvalue weighted by molar-refractivity contribution is 0.0657. The Hall–Kier alpha value is -2.47. The van der Waals surface area contributed by atoms with Gasteiger partial charge in [-0.3, -0.25) is 9.79 Å². The fraction of sp³-hybridized carbons (Fsp3) is 0.333. The van der Waals surface area contributed by atoms with Crippen molar-refractivity contribution in [1.29, 1.82) is 0 Å². The monoisotopic (exact) mass is 360 g/mol. The smallest absolute Gasteiger partial charge is 0.289 e. The predicted molar refractivity (Wildman–Crippen MR) is 97.8 cm³/mol. The van der Waals surface area contributed by atoms with Crippen LogP contribution in [0.4, 0.5) is 0 Å². The van der Waals surface area contributed by atoms with Gasteiger partial charge in [0.15, 0.2) is 11.7 Å². The highest BCUT2D eigenvalue weighted by atomic mass is 35.5. The van der Waals surface area contributed by atoms with Gasteiger partial charge in [-0.2, -0.15) is 0 Å².